The van der Waals surface area contributed by atoms with E-state index in [1.165, 1.54) is 293 Å². The lowest BCUT2D eigenvalue weighted by molar-refractivity contribution is 1.36. The van der Waals surface area contributed by atoms with Gasteiger partial charge in [-0.15, -0.1) is 88.2 Å². The van der Waals surface area contributed by atoms with Crippen molar-refractivity contribution in [3.05, 3.63) is 146 Å². The van der Waals surface area contributed by atoms with Crippen LogP contribution in [0.5, 0.6) is 0 Å². The van der Waals surface area contributed by atoms with Gasteiger partial charge < -0.3 is 8.80 Å². The molecule has 6 heterocycles. The van der Waals surface area contributed by atoms with E-state index in [4.69, 9.17) is 0 Å². The molecule has 0 unspecified atom stereocenters. The Morgan fingerprint density at radius 1 is 0.196 bits per heavy atom. The summed E-state index contributed by atoms with van der Waals surface area (Å²) in [5, 5.41) is 15.8. The van der Waals surface area contributed by atoms with E-state index in [-0.39, 0.29) is 0 Å². The number of fused-ring (bicyclic) bond motifs is 20. The molecule has 0 spiro atoms. The van der Waals surface area contributed by atoms with Crippen molar-refractivity contribution in [2.24, 2.45) is 0 Å². The van der Waals surface area contributed by atoms with Crippen LogP contribution in [0.3, 0.4) is 0 Å². The fourth-order valence-corrected chi connectivity index (χ4v) is 21.9. The topological polar surface area (TPSA) is 8.82 Å². The molecule has 0 fully saturated rings. The number of thiophene rings is 2. The molecule has 0 bridgehead atoms. The van der Waals surface area contributed by atoms with E-state index in [9.17, 15) is 0 Å². The van der Waals surface area contributed by atoms with Crippen LogP contribution in [-0.2, 0) is 0 Å². The molecule has 0 saturated heterocycles. The second kappa shape index (κ2) is 22.4. The Kier molecular flexibility index (Phi) is 14.0. The molecule has 0 radical (unpaired) electrons. The summed E-state index contributed by atoms with van der Waals surface area (Å²) in [5.74, 6) is 0. The molecule has 0 N–H and O–H groups in total. The second-order valence-electron chi connectivity index (χ2n) is 30.7. The van der Waals surface area contributed by atoms with Crippen LogP contribution >= 0.6 is 22.7 Å². The van der Waals surface area contributed by atoms with Gasteiger partial charge in [-0.2, -0.15) is 0 Å². The van der Waals surface area contributed by atoms with E-state index in [2.05, 4.69) is 311 Å². The highest BCUT2D eigenvalue weighted by molar-refractivity contribution is 7.26. The summed E-state index contributed by atoms with van der Waals surface area (Å²) in [6.45, 7) is 0. The first-order chi connectivity index (χ1) is 49.0. The second-order valence-corrected chi connectivity index (χ2v) is 32.9. The van der Waals surface area contributed by atoms with Crippen LogP contribution in [-0.4, -0.2) is 166 Å². The lowest BCUT2D eigenvalue weighted by atomic mass is 9.58. The highest BCUT2D eigenvalue weighted by atomic mass is 32.1. The van der Waals surface area contributed by atoms with Gasteiger partial charge in [-0.1, -0.05) is 141 Å². The maximum Gasteiger partial charge on any atom is 0.139 e. The van der Waals surface area contributed by atoms with Crippen LogP contribution in [0.4, 0.5) is 0 Å². The SMILES string of the molecule is Bc1c(B)c(B)c(-c2cccc(-c3c(B)c(B)c(B)c(B)c3B)c2-c2ccc3c4c5c(cc6c7cc8c(cc7n(c3c2)c64)c2cc3sc4ccccc4c3c3c4ccc(-c6c(-c7c(B)c(B)c(B)c(B)c7B)cccc6-c6c(B)c(B)c(B)c(B)c6B)cc4n8c23)sc2ccccc25)c(B)c1B. The van der Waals surface area contributed by atoms with Crippen LogP contribution in [0.1, 0.15) is 0 Å². The van der Waals surface area contributed by atoms with E-state index in [0.29, 0.717) is 0 Å². The third-order valence-electron chi connectivity index (χ3n) is 26.7. The highest BCUT2D eigenvalue weighted by Gasteiger charge is 2.31. The average molecular weight is 1310 g/mol. The first kappa shape index (κ1) is 64.1. The molecule has 0 amide bonds. The van der Waals surface area contributed by atoms with Gasteiger partial charge in [0.25, 0.3) is 0 Å². The van der Waals surface area contributed by atoms with Crippen molar-refractivity contribution >= 4 is 405 Å². The van der Waals surface area contributed by atoms with Crippen LogP contribution in [0.25, 0.3) is 183 Å². The molecule has 0 aliphatic carbocycles. The van der Waals surface area contributed by atoms with E-state index < -0.39 is 0 Å². The molecule has 0 aliphatic rings. The fraction of sp³-hybridized carbons (Fsp3) is 0. The van der Waals surface area contributed by atoms with Crippen molar-refractivity contribution in [1.82, 2.24) is 8.80 Å². The van der Waals surface area contributed by atoms with Crippen molar-refractivity contribution in [2.75, 3.05) is 0 Å². The monoisotopic (exact) mass is 1310 g/mol. The van der Waals surface area contributed by atoms with E-state index in [1.54, 1.807) is 0 Å². The highest BCUT2D eigenvalue weighted by Crippen LogP contribution is 2.53. The molecule has 102 heavy (non-hydrogen) atoms. The predicted octanol–water partition coefficient (Wildman–Crippen LogP) is -12.1. The van der Waals surface area contributed by atoms with Crippen molar-refractivity contribution < 1.29 is 0 Å². The summed E-state index contributed by atoms with van der Waals surface area (Å²) < 4.78 is 10.7. The molecule has 24 heteroatoms. The third kappa shape index (κ3) is 8.29. The van der Waals surface area contributed by atoms with Gasteiger partial charge in [-0.25, -0.2) is 0 Å². The predicted molar refractivity (Wildman–Crippen MR) is 518 cm³/mol. The smallest absolute Gasteiger partial charge is 0.139 e. The summed E-state index contributed by atoms with van der Waals surface area (Å²) in [4.78, 5) is 0. The summed E-state index contributed by atoms with van der Waals surface area (Å²) in [7, 11) is 46.7. The summed E-state index contributed by atoms with van der Waals surface area (Å²) >= 11 is 3.87. The van der Waals surface area contributed by atoms with Crippen LogP contribution in [0, 0.1) is 0 Å². The molecular weight excluding hydrogens is 1250 g/mol. The Hall–Kier alpha value is -8.80. The number of rotatable bonds is 6. The number of hydrogen-bond acceptors (Lipinski definition) is 2. The Bertz CT molecular complexity index is 6430. The van der Waals surface area contributed by atoms with Gasteiger partial charge in [0.2, 0.25) is 0 Å². The van der Waals surface area contributed by atoms with Crippen LogP contribution in [0.2, 0.25) is 0 Å². The number of hydrogen-bond donors (Lipinski definition) is 0. The van der Waals surface area contributed by atoms with E-state index in [0.717, 1.165) is 0 Å². The molecule has 458 valence electrons. The minimum Gasteiger partial charge on any atom is -0.308 e. The Morgan fingerprint density at radius 2 is 0.471 bits per heavy atom. The Morgan fingerprint density at radius 3 is 0.775 bits per heavy atom. The Labute approximate surface area is 621 Å². The lowest BCUT2D eigenvalue weighted by Gasteiger charge is -2.26. The number of benzene rings is 13. The quantitative estimate of drug-likeness (QED) is 0.147. The van der Waals surface area contributed by atoms with Crippen molar-refractivity contribution in [1.29, 1.82) is 0 Å². The minimum absolute atomic E-state index is 1.23. The average Bonchev–Trinajstić information content (AvgIpc) is 1.50. The molecule has 0 aliphatic heterocycles. The lowest BCUT2D eigenvalue weighted by Crippen LogP contribution is -2.55. The van der Waals surface area contributed by atoms with Crippen LogP contribution in [0.15, 0.2) is 146 Å². The summed E-state index contributed by atoms with van der Waals surface area (Å²) in [6.07, 6.45) is 0. The van der Waals surface area contributed by atoms with Gasteiger partial charge in [0, 0.05) is 83.4 Å². The van der Waals surface area contributed by atoms with Crippen molar-refractivity contribution in [3.8, 4) is 66.8 Å². The summed E-state index contributed by atoms with van der Waals surface area (Å²) in [6, 6.07) is 58.1. The van der Waals surface area contributed by atoms with Gasteiger partial charge in [0.15, 0.2) is 0 Å². The van der Waals surface area contributed by atoms with Gasteiger partial charge in [-0.05, 0) is 115 Å². The van der Waals surface area contributed by atoms with E-state index in [1.807, 2.05) is 22.7 Å². The molecular formula is C78H64B20N2S2. The van der Waals surface area contributed by atoms with Gasteiger partial charge in [0.1, 0.15) is 157 Å². The Balaban J connectivity index is 0.964. The molecule has 6 aromatic heterocycles. The number of nitrogens with zero attached hydrogens (tertiary/aromatic N) is 2. The van der Waals surface area contributed by atoms with Crippen molar-refractivity contribution in [3.63, 3.8) is 0 Å². The zero-order chi connectivity index (χ0) is 70.7. The third-order valence-corrected chi connectivity index (χ3v) is 28.9. The minimum atomic E-state index is 1.23. The molecule has 0 atom stereocenters. The largest absolute Gasteiger partial charge is 0.308 e. The zero-order valence-electron chi connectivity index (χ0n) is 62.6. The normalized spacial score (nSPS) is 12.3. The van der Waals surface area contributed by atoms with E-state index >= 15 is 0 Å². The molecule has 19 rings (SSSR count). The van der Waals surface area contributed by atoms with Gasteiger partial charge >= 0.3 is 0 Å². The fourth-order valence-electron chi connectivity index (χ4n) is 19.6. The van der Waals surface area contributed by atoms with Gasteiger partial charge in [-0.3, -0.25) is 0 Å². The molecule has 2 nitrogen and oxygen atoms in total. The van der Waals surface area contributed by atoms with Crippen LogP contribution < -0.4 is 109 Å². The standard InChI is InChI=1S/C78H64B20N2S2/c79-57-53(58(80)66(88)73(95)65(57)87)31-9-5-10-32(54-59(81)67(89)74(96)68(90)60(54)82)47(31)25-15-17-27-39(19-25)99-41-22-36-38-24-46-50(30-8-2-4-14-44(30)102-46)52-28-18-16-26(20-40(28)100(78(38)52)42(36)21-35(41)37-23-45-49(51(27)77(37)99)29-7-1-3-13-43(29)101-45)48-33(55-61(83)69(91)75(97)70(92)62(55)84)11-6-12-34(48)56-63(85)71(93)76(98)72(94)64(56)86/h1-24H,79-98H2. The first-order valence-corrected chi connectivity index (χ1v) is 38.2. The maximum atomic E-state index is 2.70. The van der Waals surface area contributed by atoms with Gasteiger partial charge in [0.05, 0.1) is 33.1 Å². The van der Waals surface area contributed by atoms with Crippen molar-refractivity contribution in [2.45, 2.75) is 0 Å². The molecule has 13 aromatic carbocycles. The first-order valence-electron chi connectivity index (χ1n) is 36.6. The summed E-state index contributed by atoms with van der Waals surface area (Å²) in [5.41, 5.74) is 50.5. The molecule has 0 saturated carbocycles. The molecule has 19 aromatic rings. The zero-order valence-corrected chi connectivity index (χ0v) is 64.2. The number of aromatic nitrogens is 2. The maximum absolute atomic E-state index is 2.70.